The van der Waals surface area contributed by atoms with Crippen molar-refractivity contribution in [2.24, 2.45) is 55.9 Å². The van der Waals surface area contributed by atoms with Crippen molar-refractivity contribution < 1.29 is 66.5 Å². The van der Waals surface area contributed by atoms with Crippen LogP contribution in [-0.2, 0) is 43.2 Å². The van der Waals surface area contributed by atoms with Gasteiger partial charge in [0.25, 0.3) is 11.8 Å². The second-order valence-corrected chi connectivity index (χ2v) is 16.8. The summed E-state index contributed by atoms with van der Waals surface area (Å²) in [5, 5.41) is 33.3. The number of hydrogen-bond donors (Lipinski definition) is 16. The fourth-order valence-corrected chi connectivity index (χ4v) is 7.03. The topological polar surface area (TPSA) is 502 Å². The maximum Gasteiger partial charge on any atom is 0.391 e. The average Bonchev–Trinajstić information content (AvgIpc) is 3.83. The molecule has 1 rings (SSSR count). The third kappa shape index (κ3) is 24.7. The Morgan fingerprint density at radius 3 is 1.93 bits per heavy atom. The molecular formula is C42H74F3N17O11. The molecule has 1 fully saturated rings. The number of amides is 8. The van der Waals surface area contributed by atoms with Gasteiger partial charge >= 0.3 is 12.1 Å². The Kier molecular flexibility index (Phi) is 30.2. The number of nitrogens with two attached hydrogens (primary N) is 8. The van der Waals surface area contributed by atoms with E-state index in [-0.39, 0.29) is 96.5 Å². The number of nitrogens with zero attached hydrogens (tertiary/aromatic N) is 3. The summed E-state index contributed by atoms with van der Waals surface area (Å²) in [4.78, 5) is 127. The van der Waals surface area contributed by atoms with Crippen LogP contribution in [0.1, 0.15) is 83.5 Å². The van der Waals surface area contributed by atoms with E-state index >= 15 is 0 Å². The molecule has 73 heavy (non-hydrogen) atoms. The molecule has 0 aromatic heterocycles. The number of aliphatic carboxylic acids is 1. The summed E-state index contributed by atoms with van der Waals surface area (Å²) in [7, 11) is 0. The molecule has 0 aromatic rings. The quantitative estimate of drug-likeness (QED) is 0.0123. The van der Waals surface area contributed by atoms with Gasteiger partial charge in [-0.3, -0.25) is 43.3 Å². The van der Waals surface area contributed by atoms with E-state index in [1.54, 1.807) is 0 Å². The molecule has 1 aliphatic rings. The van der Waals surface area contributed by atoms with Crippen molar-refractivity contribution in [3.8, 4) is 0 Å². The first-order valence-electron chi connectivity index (χ1n) is 23.7. The SMILES string of the molecule is NCCCC[C@H](NC(=O)[C@H](CC(F)(F)F)NC(=O)[C@@H]1CCCN1C(=O)C(CCCN)=NC(=O)CNC(=O)[C@H](CCN)NC(=O)[C@@H](NC(=O)[C@@H](N)CCCCN)[C@@H](O)CN)C(=O)N/C(=C\CCN=C(N)N)C(=O)O. The van der Waals surface area contributed by atoms with E-state index in [1.165, 1.54) is 0 Å². The standard InChI is InChI=1S/C42H74F3N17O11/c43-42(44,45)20-28(36(68)57-24(9-2-4-15-47)35(67)59-27(40(72)73)11-6-18-54-41(52)53)60-37(69)29-12-7-19-62(29)39(71)26(10-5-16-48)56-31(64)22-55-34(66)25(13-17-49)58-38(70)32(30(63)21-50)61-33(65)23(51)8-1-3-14-46/h11,23-25,28-30,32,63H,1-10,12-22,46-51H2,(H,55,66)(H,57,68)(H,58,70)(H,59,67)(H,60,69)(H,61,65)(H,72,73)(H4,52,53,54)/b27-11-,56-26?/t23-,24-,25-,28-,29-,30-,32-/m0/s1. The molecule has 0 unspecified atom stereocenters. The van der Waals surface area contributed by atoms with Crippen LogP contribution in [0.15, 0.2) is 21.8 Å². The van der Waals surface area contributed by atoms with E-state index in [9.17, 15) is 66.5 Å². The lowest BCUT2D eigenvalue weighted by molar-refractivity contribution is -0.153. The largest absolute Gasteiger partial charge is 0.477 e. The minimum atomic E-state index is -5.06. The van der Waals surface area contributed by atoms with Gasteiger partial charge < -0.3 is 92.9 Å². The molecule has 0 aromatic carbocycles. The molecule has 31 heteroatoms. The first-order valence-corrected chi connectivity index (χ1v) is 23.7. The molecule has 1 saturated heterocycles. The summed E-state index contributed by atoms with van der Waals surface area (Å²) in [5.41, 5.74) is 43.2. The van der Waals surface area contributed by atoms with Crippen molar-refractivity contribution in [1.82, 2.24) is 36.8 Å². The van der Waals surface area contributed by atoms with Gasteiger partial charge in [-0.2, -0.15) is 13.2 Å². The molecule has 1 aliphatic heterocycles. The number of nitrogens with one attached hydrogen (secondary N) is 6. The molecule has 0 aliphatic carbocycles. The molecular weight excluding hydrogens is 976 g/mol. The smallest absolute Gasteiger partial charge is 0.391 e. The Bertz CT molecular complexity index is 1960. The van der Waals surface area contributed by atoms with Crippen molar-refractivity contribution in [2.75, 3.05) is 52.4 Å². The number of carbonyl (C=O) groups is 9. The molecule has 0 saturated carbocycles. The van der Waals surface area contributed by atoms with Crippen LogP contribution in [0.5, 0.6) is 0 Å². The summed E-state index contributed by atoms with van der Waals surface area (Å²) < 4.78 is 41.8. The van der Waals surface area contributed by atoms with Crippen molar-refractivity contribution in [3.05, 3.63) is 11.8 Å². The zero-order chi connectivity index (χ0) is 55.3. The number of unbranched alkanes of at least 4 members (excludes halogenated alkanes) is 2. The van der Waals surface area contributed by atoms with Gasteiger partial charge in [-0.25, -0.2) is 9.79 Å². The number of aliphatic hydroxyl groups excluding tert-OH is 1. The molecule has 414 valence electrons. The van der Waals surface area contributed by atoms with Gasteiger partial charge in [0.2, 0.25) is 35.4 Å². The highest BCUT2D eigenvalue weighted by Crippen LogP contribution is 2.24. The minimum Gasteiger partial charge on any atom is -0.477 e. The van der Waals surface area contributed by atoms with Gasteiger partial charge in [0.05, 0.1) is 25.1 Å². The fraction of sp³-hybridized carbons (Fsp3) is 0.690. The monoisotopic (exact) mass is 1050 g/mol. The predicted molar refractivity (Wildman–Crippen MR) is 259 cm³/mol. The third-order valence-corrected chi connectivity index (χ3v) is 10.9. The Hall–Kier alpha value is -6.38. The highest BCUT2D eigenvalue weighted by molar-refractivity contribution is 6.40. The Labute approximate surface area is 419 Å². The summed E-state index contributed by atoms with van der Waals surface area (Å²) in [5.74, 6) is -10.5. The lowest BCUT2D eigenvalue weighted by atomic mass is 10.1. The number of carbonyl (C=O) groups excluding carboxylic acids is 8. The number of halogens is 3. The Morgan fingerprint density at radius 2 is 1.36 bits per heavy atom. The molecule has 0 spiro atoms. The maximum absolute atomic E-state index is 14.0. The maximum atomic E-state index is 14.0. The number of likely N-dealkylation sites (tertiary alicyclic amines) is 1. The average molecular weight is 1050 g/mol. The van der Waals surface area contributed by atoms with Crippen LogP contribution in [0.3, 0.4) is 0 Å². The summed E-state index contributed by atoms with van der Waals surface area (Å²) >= 11 is 0. The van der Waals surface area contributed by atoms with E-state index in [4.69, 9.17) is 45.9 Å². The Balaban J connectivity index is 3.30. The lowest BCUT2D eigenvalue weighted by Gasteiger charge is -2.28. The van der Waals surface area contributed by atoms with Gasteiger partial charge in [0.1, 0.15) is 41.6 Å². The van der Waals surface area contributed by atoms with Gasteiger partial charge in [0, 0.05) is 19.6 Å². The van der Waals surface area contributed by atoms with Gasteiger partial charge in [-0.05, 0) is 96.8 Å². The van der Waals surface area contributed by atoms with Crippen LogP contribution in [0.2, 0.25) is 0 Å². The predicted octanol–water partition coefficient (Wildman–Crippen LogP) is -6.31. The summed E-state index contributed by atoms with van der Waals surface area (Å²) in [6.07, 6.45) is -6.33. The van der Waals surface area contributed by atoms with Gasteiger partial charge in [-0.1, -0.05) is 12.5 Å². The van der Waals surface area contributed by atoms with Crippen molar-refractivity contribution in [2.45, 2.75) is 132 Å². The van der Waals surface area contributed by atoms with Crippen molar-refractivity contribution >= 4 is 64.9 Å². The first kappa shape index (κ1) is 64.6. The summed E-state index contributed by atoms with van der Waals surface area (Å²) in [6, 6.07) is -9.61. The van der Waals surface area contributed by atoms with Crippen LogP contribution in [-0.4, -0.2) is 181 Å². The highest BCUT2D eigenvalue weighted by Gasteiger charge is 2.42. The number of guanidine groups is 1. The lowest BCUT2D eigenvalue weighted by Crippen LogP contribution is -2.61. The number of carboxylic acids is 1. The second kappa shape index (κ2) is 34.1. The molecule has 7 atom stereocenters. The molecule has 24 N–H and O–H groups in total. The second-order valence-electron chi connectivity index (χ2n) is 16.8. The minimum absolute atomic E-state index is 0.00502. The van der Waals surface area contributed by atoms with Crippen molar-refractivity contribution in [3.63, 3.8) is 0 Å². The van der Waals surface area contributed by atoms with Gasteiger partial charge in [0.15, 0.2) is 5.96 Å². The van der Waals surface area contributed by atoms with Crippen LogP contribution in [0, 0.1) is 0 Å². The number of aliphatic imine (C=N–C) groups is 2. The van der Waals surface area contributed by atoms with E-state index in [0.29, 0.717) is 25.8 Å². The number of hydrogen-bond acceptors (Lipinski definition) is 17. The van der Waals surface area contributed by atoms with Crippen LogP contribution >= 0.6 is 0 Å². The number of alkyl halides is 3. The van der Waals surface area contributed by atoms with Crippen LogP contribution in [0.25, 0.3) is 0 Å². The van der Waals surface area contributed by atoms with E-state index in [2.05, 4.69) is 36.6 Å². The third-order valence-electron chi connectivity index (χ3n) is 10.9. The summed E-state index contributed by atoms with van der Waals surface area (Å²) in [6.45, 7) is -1.20. The number of aliphatic hydroxyl groups is 1. The normalized spacial score (nSPS) is 16.4. The first-order chi connectivity index (χ1) is 34.4. The van der Waals surface area contributed by atoms with Gasteiger partial charge in [-0.15, -0.1) is 0 Å². The highest BCUT2D eigenvalue weighted by atomic mass is 19.4. The van der Waals surface area contributed by atoms with Crippen LogP contribution in [0.4, 0.5) is 13.2 Å². The fourth-order valence-electron chi connectivity index (χ4n) is 7.03. The number of rotatable bonds is 34. The molecule has 1 heterocycles. The van der Waals surface area contributed by atoms with E-state index in [1.807, 2.05) is 5.32 Å². The van der Waals surface area contributed by atoms with Crippen LogP contribution < -0.4 is 77.8 Å². The number of carboxylic acid groups (broad SMARTS) is 1. The molecule has 0 bridgehead atoms. The van der Waals surface area contributed by atoms with E-state index < -0.39 is 133 Å². The van der Waals surface area contributed by atoms with Crippen molar-refractivity contribution in [1.29, 1.82) is 0 Å². The molecule has 28 nitrogen and oxygen atoms in total. The van der Waals surface area contributed by atoms with E-state index in [0.717, 1.165) is 11.0 Å². The zero-order valence-electron chi connectivity index (χ0n) is 40.6. The zero-order valence-corrected chi connectivity index (χ0v) is 40.6. The Morgan fingerprint density at radius 1 is 0.740 bits per heavy atom. The molecule has 0 radical (unpaired) electrons. The molecule has 8 amide bonds.